The van der Waals surface area contributed by atoms with Crippen LogP contribution in [-0.2, 0) is 0 Å². The van der Waals surface area contributed by atoms with Gasteiger partial charge in [0.1, 0.15) is 0 Å². The first-order chi connectivity index (χ1) is 2.00. The van der Waals surface area contributed by atoms with Crippen molar-refractivity contribution in [2.24, 2.45) is 0 Å². The maximum Gasteiger partial charge on any atom is 0.619 e. The van der Waals surface area contributed by atoms with Crippen LogP contribution in [0.25, 0.3) is 0 Å². The molecule has 0 nitrogen and oxygen atoms in total. The summed E-state index contributed by atoms with van der Waals surface area (Å²) in [7, 11) is -5.61. The Morgan fingerprint density at radius 2 is 1.20 bits per heavy atom. The summed E-state index contributed by atoms with van der Waals surface area (Å²) in [5.74, 6) is 0. The topological polar surface area (TPSA) is 0 Å². The van der Waals surface area contributed by atoms with Crippen molar-refractivity contribution in [3.63, 3.8) is 0 Å². The van der Waals surface area contributed by atoms with Gasteiger partial charge < -0.3 is 0 Å². The van der Waals surface area contributed by atoms with Gasteiger partial charge in [0.05, 0.1) is 6.55 Å². The molecule has 0 spiro atoms. The summed E-state index contributed by atoms with van der Waals surface area (Å²) in [6.07, 6.45) is 0. The molecule has 0 aromatic carbocycles. The second-order valence-electron chi connectivity index (χ2n) is 0.542. The number of rotatable bonds is 0. The summed E-state index contributed by atoms with van der Waals surface area (Å²) in [6.45, 7) is 3.49. The van der Waals surface area contributed by atoms with E-state index in [9.17, 15) is 12.3 Å². The minimum absolute atomic E-state index is 3.49. The molecule has 0 aliphatic carbocycles. The second-order valence-corrected chi connectivity index (χ2v) is 1.62. The third-order valence-corrected chi connectivity index (χ3v) is 0. The highest BCUT2D eigenvalue weighted by Crippen LogP contribution is 2.02. The van der Waals surface area contributed by atoms with Crippen molar-refractivity contribution in [2.45, 2.75) is 0 Å². The van der Waals surface area contributed by atoms with Gasteiger partial charge in [0.2, 0.25) is 0 Å². The Labute approximate surface area is 29.1 Å². The fourth-order valence-electron chi connectivity index (χ4n) is 0. The molecular formula is CHF3Si. The minimum atomic E-state index is -5.61. The van der Waals surface area contributed by atoms with E-state index < -0.39 is 9.08 Å². The van der Waals surface area contributed by atoms with Gasteiger partial charge in [-0.1, -0.05) is 0 Å². The van der Waals surface area contributed by atoms with Crippen LogP contribution in [0.4, 0.5) is 12.3 Å². The van der Waals surface area contributed by atoms with E-state index in [0.29, 0.717) is 0 Å². The van der Waals surface area contributed by atoms with Gasteiger partial charge in [-0.15, -0.1) is 0 Å². The van der Waals surface area contributed by atoms with Crippen LogP contribution in [0.1, 0.15) is 0 Å². The van der Waals surface area contributed by atoms with E-state index in [1.807, 2.05) is 0 Å². The predicted molar refractivity (Wildman–Crippen MR) is 13.4 cm³/mol. The lowest BCUT2D eigenvalue weighted by Crippen LogP contribution is -2.06. The molecule has 0 atom stereocenters. The highest BCUT2D eigenvalue weighted by Gasteiger charge is 2.27. The van der Waals surface area contributed by atoms with Gasteiger partial charge in [-0.3, -0.25) is 0 Å². The van der Waals surface area contributed by atoms with Crippen LogP contribution in [0.3, 0.4) is 0 Å². The summed E-state index contributed by atoms with van der Waals surface area (Å²) in [5.41, 5.74) is 0. The highest BCUT2D eigenvalue weighted by atomic mass is 28.5. The summed E-state index contributed by atoms with van der Waals surface area (Å²) < 4.78 is 30.8. The Bertz CT molecular complexity index is 22.4. The van der Waals surface area contributed by atoms with Crippen LogP contribution in [0.15, 0.2) is 0 Å². The van der Waals surface area contributed by atoms with Crippen LogP contribution in [0.2, 0.25) is 0 Å². The zero-order chi connectivity index (χ0) is 4.50. The van der Waals surface area contributed by atoms with Gasteiger partial charge in [0, 0.05) is 0 Å². The Balaban J connectivity index is 3.02. The molecule has 0 bridgehead atoms. The lowest BCUT2D eigenvalue weighted by Gasteiger charge is -1.81. The predicted octanol–water partition coefficient (Wildman–Crippen LogP) is 1.08. The van der Waals surface area contributed by atoms with E-state index in [-0.39, 0.29) is 0 Å². The maximum atomic E-state index is 10.3. The van der Waals surface area contributed by atoms with Gasteiger partial charge in [0.25, 0.3) is 0 Å². The van der Waals surface area contributed by atoms with Crippen molar-refractivity contribution >= 4 is 9.08 Å². The lowest BCUT2D eigenvalue weighted by molar-refractivity contribution is 0.497. The van der Waals surface area contributed by atoms with Crippen LogP contribution in [-0.4, -0.2) is 9.08 Å². The Hall–Kier alpha value is 0.00688. The van der Waals surface area contributed by atoms with Crippen LogP contribution in [0.5, 0.6) is 0 Å². The molecule has 0 unspecified atom stereocenters. The maximum absolute atomic E-state index is 10.3. The second kappa shape index (κ2) is 1.00. The van der Waals surface area contributed by atoms with Gasteiger partial charge >= 0.3 is 9.08 Å². The first-order valence-electron chi connectivity index (χ1n) is 0.856. The lowest BCUT2D eigenvalue weighted by atomic mass is 11.9. The van der Waals surface area contributed by atoms with Crippen molar-refractivity contribution in [1.82, 2.24) is 0 Å². The summed E-state index contributed by atoms with van der Waals surface area (Å²) in [4.78, 5) is 0. The van der Waals surface area contributed by atoms with Gasteiger partial charge in [-0.2, -0.15) is 0 Å². The Kier molecular flexibility index (Phi) is 1.01. The van der Waals surface area contributed by atoms with Crippen molar-refractivity contribution in [1.29, 1.82) is 0 Å². The van der Waals surface area contributed by atoms with Crippen molar-refractivity contribution in [2.75, 3.05) is 0 Å². The molecular weight excluding hydrogens is 97.1 g/mol. The zero-order valence-electron chi connectivity index (χ0n) is 2.21. The van der Waals surface area contributed by atoms with E-state index in [1.54, 1.807) is 0 Å². The molecule has 0 aliphatic heterocycles. The van der Waals surface area contributed by atoms with Gasteiger partial charge in [-0.05, 0) is 0 Å². The molecule has 0 amide bonds. The molecule has 0 aliphatic rings. The SMILES string of the molecule is [CH][Si](F)(F)F. The monoisotopic (exact) mass is 98.0 g/mol. The Morgan fingerprint density at radius 1 is 1.20 bits per heavy atom. The molecule has 0 heterocycles. The van der Waals surface area contributed by atoms with Gasteiger partial charge in [-0.25, -0.2) is 12.3 Å². The standard InChI is InChI=1S/CHF3Si/c1-5(2,3)4/h1H. The van der Waals surface area contributed by atoms with E-state index in [1.165, 1.54) is 0 Å². The molecule has 0 rings (SSSR count). The van der Waals surface area contributed by atoms with E-state index in [2.05, 4.69) is 6.55 Å². The fourth-order valence-corrected chi connectivity index (χ4v) is 0. The molecule has 0 N–H and O–H groups in total. The van der Waals surface area contributed by atoms with E-state index in [4.69, 9.17) is 0 Å². The van der Waals surface area contributed by atoms with E-state index in [0.717, 1.165) is 0 Å². The van der Waals surface area contributed by atoms with Crippen molar-refractivity contribution in [3.8, 4) is 0 Å². The number of hydrogen-bond acceptors (Lipinski definition) is 0. The minimum Gasteiger partial charge on any atom is -0.237 e. The first kappa shape index (κ1) is 5.01. The molecule has 0 aromatic heterocycles. The smallest absolute Gasteiger partial charge is 0.237 e. The largest absolute Gasteiger partial charge is 0.619 e. The van der Waals surface area contributed by atoms with Crippen LogP contribution >= 0.6 is 0 Å². The van der Waals surface area contributed by atoms with Crippen LogP contribution < -0.4 is 0 Å². The van der Waals surface area contributed by atoms with Crippen molar-refractivity contribution in [3.05, 3.63) is 6.55 Å². The highest BCUT2D eigenvalue weighted by molar-refractivity contribution is 6.60. The summed E-state index contributed by atoms with van der Waals surface area (Å²) in [5, 5.41) is 0. The molecule has 0 aromatic rings. The van der Waals surface area contributed by atoms with Gasteiger partial charge in [0.15, 0.2) is 0 Å². The van der Waals surface area contributed by atoms with Crippen molar-refractivity contribution < 1.29 is 12.3 Å². The quantitative estimate of drug-likeness (QED) is 0.314. The third-order valence-electron chi connectivity index (χ3n) is 0. The zero-order valence-corrected chi connectivity index (χ0v) is 3.21. The first-order valence-corrected chi connectivity index (χ1v) is 2.57. The normalized spacial score (nSPS) is 12.0. The molecule has 0 fully saturated rings. The number of hydrogen-bond donors (Lipinski definition) is 0. The summed E-state index contributed by atoms with van der Waals surface area (Å²) in [6, 6.07) is 0. The average Bonchev–Trinajstić information content (AvgIpc) is 0.722. The fraction of sp³-hybridized carbons (Fsp3) is 0. The summed E-state index contributed by atoms with van der Waals surface area (Å²) >= 11 is 0. The number of halogens is 3. The molecule has 30 valence electrons. The molecule has 4 heteroatoms. The third kappa shape index (κ3) is 341000. The Morgan fingerprint density at radius 3 is 1.20 bits per heavy atom. The molecule has 0 saturated carbocycles. The van der Waals surface area contributed by atoms with Crippen LogP contribution in [0, 0.1) is 6.55 Å². The van der Waals surface area contributed by atoms with E-state index >= 15 is 0 Å². The molecule has 5 heavy (non-hydrogen) atoms. The molecule has 0 saturated heterocycles. The average molecular weight is 98.1 g/mol. The molecule has 2 radical (unpaired) electrons.